The lowest BCUT2D eigenvalue weighted by molar-refractivity contribution is 0.104. The van der Waals surface area contributed by atoms with E-state index in [1.165, 1.54) is 0 Å². The molecule has 0 amide bonds. The second kappa shape index (κ2) is 6.75. The topological polar surface area (TPSA) is 35.5 Å². The van der Waals surface area contributed by atoms with Gasteiger partial charge in [-0.15, -0.1) is 0 Å². The van der Waals surface area contributed by atoms with E-state index >= 15 is 0 Å². The van der Waals surface area contributed by atoms with Crippen molar-refractivity contribution in [3.63, 3.8) is 0 Å². The summed E-state index contributed by atoms with van der Waals surface area (Å²) in [6, 6.07) is 14.7. The zero-order chi connectivity index (χ0) is 15.2. The molecule has 0 aliphatic rings. The molecule has 2 rings (SSSR count). The van der Waals surface area contributed by atoms with Gasteiger partial charge in [0.15, 0.2) is 5.78 Å². The van der Waals surface area contributed by atoms with E-state index in [0.717, 1.165) is 22.6 Å². The van der Waals surface area contributed by atoms with Crippen molar-refractivity contribution in [2.45, 2.75) is 6.92 Å². The molecular weight excluding hydrogens is 264 g/mol. The van der Waals surface area contributed by atoms with Crippen molar-refractivity contribution in [1.82, 2.24) is 0 Å². The van der Waals surface area contributed by atoms with Crippen LogP contribution in [0, 0.1) is 0 Å². The Morgan fingerprint density at radius 3 is 1.67 bits per heavy atom. The zero-order valence-electron chi connectivity index (χ0n) is 12.4. The Bertz CT molecular complexity index is 637. The van der Waals surface area contributed by atoms with Crippen molar-refractivity contribution in [3.05, 3.63) is 65.7 Å². The van der Waals surface area contributed by atoms with Crippen molar-refractivity contribution in [3.8, 4) is 11.5 Å². The maximum Gasteiger partial charge on any atom is 0.186 e. The van der Waals surface area contributed by atoms with Crippen molar-refractivity contribution in [2.75, 3.05) is 14.2 Å². The van der Waals surface area contributed by atoms with Gasteiger partial charge in [-0.05, 0) is 60.5 Å². The lowest BCUT2D eigenvalue weighted by Gasteiger charge is -2.04. The van der Waals surface area contributed by atoms with E-state index in [0.29, 0.717) is 5.56 Å². The number of ether oxygens (including phenoxy) is 2. The number of carbonyl (C=O) groups is 1. The molecule has 0 aliphatic heterocycles. The molecule has 0 radical (unpaired) electrons. The third kappa shape index (κ3) is 3.72. The summed E-state index contributed by atoms with van der Waals surface area (Å²) in [5, 5.41) is 0. The van der Waals surface area contributed by atoms with Gasteiger partial charge in [-0.1, -0.05) is 12.1 Å². The molecular formula is C18H18O3. The Balaban J connectivity index is 2.17. The minimum absolute atomic E-state index is 0.0222. The smallest absolute Gasteiger partial charge is 0.186 e. The number of carbonyl (C=O) groups excluding carboxylic acids is 1. The number of hydrogen-bond acceptors (Lipinski definition) is 3. The van der Waals surface area contributed by atoms with E-state index in [1.807, 2.05) is 31.2 Å². The van der Waals surface area contributed by atoms with Crippen LogP contribution in [0.15, 0.2) is 54.6 Å². The SMILES string of the molecule is COc1ccc(C(=O)/C=C(/C)c2ccc(OC)cc2)cc1. The van der Waals surface area contributed by atoms with Crippen molar-refractivity contribution in [2.24, 2.45) is 0 Å². The predicted octanol–water partition coefficient (Wildman–Crippen LogP) is 3.99. The van der Waals surface area contributed by atoms with Crippen LogP contribution in [0.4, 0.5) is 0 Å². The quantitative estimate of drug-likeness (QED) is 0.614. The largest absolute Gasteiger partial charge is 0.497 e. The maximum atomic E-state index is 12.2. The molecule has 0 spiro atoms. The third-order valence-electron chi connectivity index (χ3n) is 3.27. The van der Waals surface area contributed by atoms with Crippen molar-refractivity contribution in [1.29, 1.82) is 0 Å². The lowest BCUT2D eigenvalue weighted by atomic mass is 10.0. The van der Waals surface area contributed by atoms with Crippen LogP contribution in [0.3, 0.4) is 0 Å². The number of allylic oxidation sites excluding steroid dienone is 2. The summed E-state index contributed by atoms with van der Waals surface area (Å²) in [5.74, 6) is 1.52. The average Bonchev–Trinajstić information content (AvgIpc) is 2.55. The normalized spacial score (nSPS) is 11.1. The molecule has 21 heavy (non-hydrogen) atoms. The van der Waals surface area contributed by atoms with Crippen LogP contribution in [-0.4, -0.2) is 20.0 Å². The highest BCUT2D eigenvalue weighted by atomic mass is 16.5. The fourth-order valence-corrected chi connectivity index (χ4v) is 1.97. The fourth-order valence-electron chi connectivity index (χ4n) is 1.97. The minimum Gasteiger partial charge on any atom is -0.497 e. The van der Waals surface area contributed by atoms with Gasteiger partial charge in [-0.3, -0.25) is 4.79 Å². The van der Waals surface area contributed by atoms with Gasteiger partial charge >= 0.3 is 0 Å². The van der Waals surface area contributed by atoms with Crippen molar-refractivity contribution >= 4 is 11.4 Å². The van der Waals surface area contributed by atoms with Crippen molar-refractivity contribution < 1.29 is 14.3 Å². The van der Waals surface area contributed by atoms with Crippen LogP contribution >= 0.6 is 0 Å². The van der Waals surface area contributed by atoms with E-state index < -0.39 is 0 Å². The molecule has 3 nitrogen and oxygen atoms in total. The fraction of sp³-hybridized carbons (Fsp3) is 0.167. The van der Waals surface area contributed by atoms with Gasteiger partial charge in [0.05, 0.1) is 14.2 Å². The first-order chi connectivity index (χ1) is 10.1. The Morgan fingerprint density at radius 2 is 1.24 bits per heavy atom. The Morgan fingerprint density at radius 1 is 0.810 bits per heavy atom. The number of rotatable bonds is 5. The standard InChI is InChI=1S/C18H18O3/c1-13(14-4-8-16(20-2)9-5-14)12-18(19)15-6-10-17(21-3)11-7-15/h4-12H,1-3H3/b13-12-. The van der Waals surface area contributed by atoms with E-state index in [1.54, 1.807) is 44.6 Å². The summed E-state index contributed by atoms with van der Waals surface area (Å²) >= 11 is 0. The van der Waals surface area contributed by atoms with Crippen LogP contribution in [0.1, 0.15) is 22.8 Å². The Kier molecular flexibility index (Phi) is 4.77. The molecule has 0 saturated heterocycles. The Hall–Kier alpha value is -2.55. The van der Waals surface area contributed by atoms with Gasteiger partial charge in [0, 0.05) is 5.56 Å². The first kappa shape index (κ1) is 14.9. The van der Waals surface area contributed by atoms with Gasteiger partial charge in [-0.2, -0.15) is 0 Å². The van der Waals surface area contributed by atoms with Gasteiger partial charge in [0.2, 0.25) is 0 Å². The summed E-state index contributed by atoms with van der Waals surface area (Å²) < 4.78 is 10.2. The second-order valence-corrected chi connectivity index (χ2v) is 4.65. The number of ketones is 1. The first-order valence-corrected chi connectivity index (χ1v) is 6.65. The van der Waals surface area contributed by atoms with E-state index in [2.05, 4.69) is 0 Å². The molecule has 0 aliphatic carbocycles. The molecule has 0 bridgehead atoms. The zero-order valence-corrected chi connectivity index (χ0v) is 12.4. The highest BCUT2D eigenvalue weighted by molar-refractivity contribution is 6.08. The molecule has 0 atom stereocenters. The highest BCUT2D eigenvalue weighted by Crippen LogP contribution is 2.19. The predicted molar refractivity (Wildman–Crippen MR) is 84.0 cm³/mol. The third-order valence-corrected chi connectivity index (χ3v) is 3.27. The first-order valence-electron chi connectivity index (χ1n) is 6.65. The molecule has 3 heteroatoms. The molecule has 0 heterocycles. The van der Waals surface area contributed by atoms with Crippen LogP contribution < -0.4 is 9.47 Å². The minimum atomic E-state index is -0.0222. The van der Waals surface area contributed by atoms with Gasteiger partial charge < -0.3 is 9.47 Å². The van der Waals surface area contributed by atoms with E-state index in [9.17, 15) is 4.79 Å². The molecule has 0 fully saturated rings. The second-order valence-electron chi connectivity index (χ2n) is 4.65. The van der Waals surface area contributed by atoms with Gasteiger partial charge in [-0.25, -0.2) is 0 Å². The molecule has 108 valence electrons. The van der Waals surface area contributed by atoms with E-state index in [-0.39, 0.29) is 5.78 Å². The van der Waals surface area contributed by atoms with E-state index in [4.69, 9.17) is 9.47 Å². The summed E-state index contributed by atoms with van der Waals surface area (Å²) in [6.45, 7) is 1.92. The molecule has 0 N–H and O–H groups in total. The maximum absolute atomic E-state index is 12.2. The van der Waals surface area contributed by atoms with Gasteiger partial charge in [0.1, 0.15) is 11.5 Å². The number of methoxy groups -OCH3 is 2. The Labute approximate surface area is 124 Å². The van der Waals surface area contributed by atoms with Crippen LogP contribution in [-0.2, 0) is 0 Å². The van der Waals surface area contributed by atoms with Crippen LogP contribution in [0.25, 0.3) is 5.57 Å². The molecule has 0 saturated carbocycles. The summed E-state index contributed by atoms with van der Waals surface area (Å²) in [7, 11) is 3.23. The summed E-state index contributed by atoms with van der Waals surface area (Å²) in [5.41, 5.74) is 2.56. The van der Waals surface area contributed by atoms with Gasteiger partial charge in [0.25, 0.3) is 0 Å². The highest BCUT2D eigenvalue weighted by Gasteiger charge is 2.05. The molecule has 2 aromatic carbocycles. The lowest BCUT2D eigenvalue weighted by Crippen LogP contribution is -1.96. The average molecular weight is 282 g/mol. The molecule has 0 unspecified atom stereocenters. The van der Waals surface area contributed by atoms with Crippen LogP contribution in [0.5, 0.6) is 11.5 Å². The molecule has 2 aromatic rings. The molecule has 0 aromatic heterocycles. The summed E-state index contributed by atoms with van der Waals surface area (Å²) in [4.78, 5) is 12.2. The monoisotopic (exact) mass is 282 g/mol. The number of benzene rings is 2. The summed E-state index contributed by atoms with van der Waals surface area (Å²) in [6.07, 6.45) is 1.64. The van der Waals surface area contributed by atoms with Crippen LogP contribution in [0.2, 0.25) is 0 Å². The number of hydrogen-bond donors (Lipinski definition) is 0.